The smallest absolute Gasteiger partial charge is 0.420 e. The van der Waals surface area contributed by atoms with Gasteiger partial charge in [0, 0.05) is 18.1 Å². The van der Waals surface area contributed by atoms with Crippen molar-refractivity contribution in [3.05, 3.63) is 33.2 Å². The van der Waals surface area contributed by atoms with Gasteiger partial charge in [0.1, 0.15) is 5.60 Å². The van der Waals surface area contributed by atoms with Crippen LogP contribution in [0.1, 0.15) is 20.8 Å². The molecule has 8 heteroatoms. The fourth-order valence-corrected chi connectivity index (χ4v) is 2.49. The van der Waals surface area contributed by atoms with Crippen molar-refractivity contribution < 1.29 is 18.7 Å². The van der Waals surface area contributed by atoms with E-state index in [9.17, 15) is 9.59 Å². The first-order valence-electron chi connectivity index (χ1n) is 7.98. The molecule has 0 radical (unpaired) electrons. The minimum absolute atomic E-state index is 0.337. The summed E-state index contributed by atoms with van der Waals surface area (Å²) in [5, 5.41) is 0. The number of likely N-dealkylation sites (N-methyl/N-ethyl adjacent to an activating group) is 1. The van der Waals surface area contributed by atoms with Crippen molar-refractivity contribution in [1.29, 1.82) is 0 Å². The molecule has 0 bridgehead atoms. The van der Waals surface area contributed by atoms with Crippen molar-refractivity contribution in [2.75, 3.05) is 26.8 Å². The van der Waals surface area contributed by atoms with Gasteiger partial charge >= 0.3 is 11.8 Å². The predicted octanol–water partition coefficient (Wildman–Crippen LogP) is 3.24. The van der Waals surface area contributed by atoms with Crippen molar-refractivity contribution in [2.24, 2.45) is 0 Å². The second-order valence-electron chi connectivity index (χ2n) is 6.65. The summed E-state index contributed by atoms with van der Waals surface area (Å²) < 4.78 is 18.4. The highest BCUT2D eigenvalue weighted by Gasteiger charge is 2.19. The van der Waals surface area contributed by atoms with Crippen molar-refractivity contribution in [2.45, 2.75) is 32.9 Å². The third-order valence-electron chi connectivity index (χ3n) is 3.36. The summed E-state index contributed by atoms with van der Waals surface area (Å²) in [5.74, 6) is -0.414. The molecule has 0 saturated heterocycles. The number of nitrogens with zero attached hydrogens (tertiary/aromatic N) is 2. The molecule has 0 fully saturated rings. The Hall–Kier alpha value is -1.80. The summed E-state index contributed by atoms with van der Waals surface area (Å²) in [5.41, 5.74) is 0.732. The third-order valence-corrected chi connectivity index (χ3v) is 3.86. The number of halogens is 1. The minimum atomic E-state index is -0.524. The Bertz CT molecular complexity index is 790. The number of carbonyl (C=O) groups excluding carboxylic acids is 1. The zero-order valence-corrected chi connectivity index (χ0v) is 16.5. The lowest BCUT2D eigenvalue weighted by Crippen LogP contribution is -2.36. The molecule has 1 aromatic heterocycles. The fourth-order valence-electron chi connectivity index (χ4n) is 2.14. The van der Waals surface area contributed by atoms with E-state index in [4.69, 9.17) is 13.9 Å². The molecule has 1 heterocycles. The highest BCUT2D eigenvalue weighted by Crippen LogP contribution is 2.18. The number of ether oxygens (including phenoxy) is 2. The maximum atomic E-state index is 11.9. The van der Waals surface area contributed by atoms with Gasteiger partial charge in [0.2, 0.25) is 0 Å². The molecule has 0 aliphatic carbocycles. The molecule has 2 rings (SSSR count). The maximum Gasteiger partial charge on any atom is 0.420 e. The Labute approximate surface area is 154 Å². The van der Waals surface area contributed by atoms with Crippen LogP contribution >= 0.6 is 15.9 Å². The van der Waals surface area contributed by atoms with E-state index in [1.165, 1.54) is 9.47 Å². The van der Waals surface area contributed by atoms with E-state index < -0.39 is 17.5 Å². The van der Waals surface area contributed by atoms with Gasteiger partial charge in [-0.2, -0.15) is 0 Å². The normalized spacial score (nSPS) is 11.7. The number of benzene rings is 1. The van der Waals surface area contributed by atoms with E-state index in [0.29, 0.717) is 37.4 Å². The average molecular weight is 415 g/mol. The lowest BCUT2D eigenvalue weighted by molar-refractivity contribution is 0.0228. The van der Waals surface area contributed by atoms with Gasteiger partial charge < -0.3 is 18.8 Å². The molecule has 0 spiro atoms. The molecule has 0 saturated carbocycles. The van der Waals surface area contributed by atoms with E-state index in [1.54, 1.807) is 13.1 Å². The van der Waals surface area contributed by atoms with Crippen LogP contribution in [0, 0.1) is 0 Å². The summed E-state index contributed by atoms with van der Waals surface area (Å²) in [6, 6.07) is 5.39. The number of carbonyl (C=O) groups is 1. The topological polar surface area (TPSA) is 73.9 Å². The first kappa shape index (κ1) is 19.5. The largest absolute Gasteiger partial charge is 0.444 e. The van der Waals surface area contributed by atoms with Gasteiger partial charge in [0.05, 0.1) is 25.3 Å². The molecule has 0 unspecified atom stereocenters. The zero-order valence-electron chi connectivity index (χ0n) is 14.9. The van der Waals surface area contributed by atoms with Crippen LogP contribution in [-0.2, 0) is 16.0 Å². The second-order valence-corrected chi connectivity index (χ2v) is 7.56. The number of hydrogen-bond acceptors (Lipinski definition) is 5. The number of oxazole rings is 1. The lowest BCUT2D eigenvalue weighted by atomic mass is 10.2. The van der Waals surface area contributed by atoms with E-state index in [2.05, 4.69) is 15.9 Å². The Morgan fingerprint density at radius 1 is 1.32 bits per heavy atom. The van der Waals surface area contributed by atoms with Gasteiger partial charge in [0.15, 0.2) is 5.58 Å². The number of rotatable bonds is 6. The molecule has 7 nitrogen and oxygen atoms in total. The quantitative estimate of drug-likeness (QED) is 0.678. The Kier molecular flexibility index (Phi) is 6.29. The van der Waals surface area contributed by atoms with Crippen LogP contribution in [0.25, 0.3) is 11.1 Å². The number of aromatic nitrogens is 1. The number of fused-ring (bicyclic) bond motifs is 1. The van der Waals surface area contributed by atoms with Crippen LogP contribution in [0.15, 0.2) is 31.9 Å². The lowest BCUT2D eigenvalue weighted by Gasteiger charge is -2.24. The van der Waals surface area contributed by atoms with Crippen LogP contribution in [-0.4, -0.2) is 48.0 Å². The van der Waals surface area contributed by atoms with Crippen LogP contribution < -0.4 is 5.76 Å². The van der Waals surface area contributed by atoms with Crippen LogP contribution in [0.3, 0.4) is 0 Å². The summed E-state index contributed by atoms with van der Waals surface area (Å²) >= 11 is 3.38. The molecule has 25 heavy (non-hydrogen) atoms. The fraction of sp³-hybridized carbons (Fsp3) is 0.529. The van der Waals surface area contributed by atoms with Crippen molar-refractivity contribution in [3.63, 3.8) is 0 Å². The zero-order chi connectivity index (χ0) is 18.6. The van der Waals surface area contributed by atoms with Crippen molar-refractivity contribution in [1.82, 2.24) is 9.47 Å². The second kappa shape index (κ2) is 8.05. The van der Waals surface area contributed by atoms with Gasteiger partial charge in [0.25, 0.3) is 0 Å². The van der Waals surface area contributed by atoms with E-state index in [0.717, 1.165) is 4.47 Å². The number of hydrogen-bond donors (Lipinski definition) is 0. The minimum Gasteiger partial charge on any atom is -0.444 e. The Morgan fingerprint density at radius 2 is 2.04 bits per heavy atom. The highest BCUT2D eigenvalue weighted by molar-refractivity contribution is 9.10. The van der Waals surface area contributed by atoms with E-state index in [1.807, 2.05) is 32.9 Å². The highest BCUT2D eigenvalue weighted by atomic mass is 79.9. The van der Waals surface area contributed by atoms with Crippen LogP contribution in [0.5, 0.6) is 0 Å². The van der Waals surface area contributed by atoms with Gasteiger partial charge in [-0.25, -0.2) is 9.59 Å². The van der Waals surface area contributed by atoms with Crippen LogP contribution in [0.4, 0.5) is 4.79 Å². The molecule has 138 valence electrons. The average Bonchev–Trinajstić information content (AvgIpc) is 2.80. The first-order valence-corrected chi connectivity index (χ1v) is 8.77. The maximum absolute atomic E-state index is 11.9. The molecular weight excluding hydrogens is 392 g/mol. The van der Waals surface area contributed by atoms with Gasteiger partial charge in [-0.05, 0) is 39.0 Å². The van der Waals surface area contributed by atoms with Gasteiger partial charge in [-0.1, -0.05) is 15.9 Å². The summed E-state index contributed by atoms with van der Waals surface area (Å²) in [7, 11) is 1.66. The first-order chi connectivity index (χ1) is 11.7. The van der Waals surface area contributed by atoms with Gasteiger partial charge in [-0.15, -0.1) is 0 Å². The summed E-state index contributed by atoms with van der Waals surface area (Å²) in [6.45, 7) is 6.93. The monoisotopic (exact) mass is 414 g/mol. The van der Waals surface area contributed by atoms with Crippen molar-refractivity contribution >= 4 is 33.1 Å². The molecule has 1 amide bonds. The molecule has 0 atom stereocenters. The van der Waals surface area contributed by atoms with E-state index >= 15 is 0 Å². The van der Waals surface area contributed by atoms with Crippen LogP contribution in [0.2, 0.25) is 0 Å². The molecule has 0 aliphatic rings. The molecular formula is C17H23BrN2O5. The third kappa shape index (κ3) is 5.61. The van der Waals surface area contributed by atoms with Crippen molar-refractivity contribution in [3.8, 4) is 0 Å². The Morgan fingerprint density at radius 3 is 2.72 bits per heavy atom. The van der Waals surface area contributed by atoms with Gasteiger partial charge in [-0.3, -0.25) is 4.57 Å². The number of amides is 1. The standard InChI is InChI=1S/C17H23BrN2O5/c1-17(2,3)25-15(21)19(4)7-9-23-10-8-20-13-11-12(18)5-6-14(13)24-16(20)22/h5-6,11H,7-10H2,1-4H3. The predicted molar refractivity (Wildman–Crippen MR) is 97.9 cm³/mol. The SMILES string of the molecule is CN(CCOCCn1c(=O)oc2ccc(Br)cc21)C(=O)OC(C)(C)C. The summed E-state index contributed by atoms with van der Waals surface area (Å²) in [6.07, 6.45) is -0.391. The molecule has 0 N–H and O–H groups in total. The molecule has 0 aliphatic heterocycles. The molecule has 1 aromatic carbocycles. The van der Waals surface area contributed by atoms with E-state index in [-0.39, 0.29) is 0 Å². The Balaban J connectivity index is 1.80. The summed E-state index contributed by atoms with van der Waals surface area (Å²) in [4.78, 5) is 25.2. The molecule has 2 aromatic rings.